The summed E-state index contributed by atoms with van der Waals surface area (Å²) in [5.74, 6) is -1.22. The van der Waals surface area contributed by atoms with E-state index in [1.54, 1.807) is 24.1 Å². The van der Waals surface area contributed by atoms with Crippen molar-refractivity contribution < 1.29 is 24.2 Å². The highest BCUT2D eigenvalue weighted by Gasteiger charge is 2.28. The Morgan fingerprint density at radius 2 is 1.96 bits per heavy atom. The maximum atomic E-state index is 12.6. The van der Waals surface area contributed by atoms with Crippen LogP contribution in [0, 0.1) is 5.92 Å². The number of hydrogen-bond donors (Lipinski definition) is 1. The smallest absolute Gasteiger partial charge is 0.306 e. The Labute approximate surface area is 158 Å². The lowest BCUT2D eigenvalue weighted by Gasteiger charge is -2.31. The topological polar surface area (TPSA) is 100 Å². The van der Waals surface area contributed by atoms with Crippen LogP contribution in [0.3, 0.4) is 0 Å². The molecule has 2 aliphatic rings. The number of amides is 2. The van der Waals surface area contributed by atoms with E-state index in [-0.39, 0.29) is 30.4 Å². The number of nitrogens with zero attached hydrogens (tertiary/aromatic N) is 3. The molecule has 1 aromatic rings. The van der Waals surface area contributed by atoms with Crippen molar-refractivity contribution in [2.75, 3.05) is 26.7 Å². The molecule has 1 aliphatic carbocycles. The third-order valence-electron chi connectivity index (χ3n) is 5.24. The Balaban J connectivity index is 1.53. The summed E-state index contributed by atoms with van der Waals surface area (Å²) in [5.41, 5.74) is 0.430. The molecule has 0 bridgehead atoms. The highest BCUT2D eigenvalue weighted by atomic mass is 16.5. The van der Waals surface area contributed by atoms with E-state index in [0.717, 1.165) is 19.3 Å². The fourth-order valence-corrected chi connectivity index (χ4v) is 3.24. The van der Waals surface area contributed by atoms with Crippen LogP contribution in [0.4, 0.5) is 0 Å². The maximum Gasteiger partial charge on any atom is 0.306 e. The second-order valence-corrected chi connectivity index (χ2v) is 7.21. The molecule has 2 amide bonds. The number of carboxylic acid groups (broad SMARTS) is 1. The molecular weight excluding hydrogens is 350 g/mol. The molecule has 0 aromatic carbocycles. The molecule has 2 heterocycles. The Morgan fingerprint density at radius 1 is 1.26 bits per heavy atom. The number of carbonyl (C=O) groups is 3. The normalized spacial score (nSPS) is 17.9. The minimum Gasteiger partial charge on any atom is -0.481 e. The average Bonchev–Trinajstić information content (AvgIpc) is 2.64. The number of aliphatic carboxylic acids is 1. The molecule has 8 nitrogen and oxygen atoms in total. The number of likely N-dealkylation sites (N-methyl/N-ethyl adjacent to an activating group) is 1. The van der Waals surface area contributed by atoms with Crippen LogP contribution < -0.4 is 4.74 Å². The van der Waals surface area contributed by atoms with Crippen LogP contribution in [-0.2, 0) is 9.59 Å². The van der Waals surface area contributed by atoms with Crippen molar-refractivity contribution in [1.82, 2.24) is 14.8 Å². The summed E-state index contributed by atoms with van der Waals surface area (Å²) in [6.45, 7) is 0.774. The van der Waals surface area contributed by atoms with Crippen LogP contribution in [0.15, 0.2) is 18.3 Å². The fraction of sp³-hybridized carbons (Fsp3) is 0.579. The number of piperidine rings is 1. The van der Waals surface area contributed by atoms with Crippen molar-refractivity contribution in [3.05, 3.63) is 23.9 Å². The minimum absolute atomic E-state index is 0.0439. The molecule has 0 atom stereocenters. The first-order chi connectivity index (χ1) is 12.9. The van der Waals surface area contributed by atoms with Gasteiger partial charge in [-0.25, -0.2) is 4.98 Å². The van der Waals surface area contributed by atoms with Gasteiger partial charge in [-0.3, -0.25) is 14.4 Å². The van der Waals surface area contributed by atoms with Crippen molar-refractivity contribution in [3.63, 3.8) is 0 Å². The van der Waals surface area contributed by atoms with E-state index in [9.17, 15) is 14.4 Å². The van der Waals surface area contributed by atoms with Gasteiger partial charge >= 0.3 is 5.97 Å². The highest BCUT2D eigenvalue weighted by Crippen LogP contribution is 2.24. The first-order valence-corrected chi connectivity index (χ1v) is 9.33. The van der Waals surface area contributed by atoms with Crippen LogP contribution in [0.2, 0.25) is 0 Å². The molecule has 8 heteroatoms. The zero-order valence-corrected chi connectivity index (χ0v) is 15.5. The molecule has 27 heavy (non-hydrogen) atoms. The standard InChI is InChI=1S/C19H25N3O5/c1-21(12-17(23)22-9-6-13(7-10-22)19(25)26)18(24)14-5-8-20-16(11-14)27-15-3-2-4-15/h5,8,11,13,15H,2-4,6-7,9-10,12H2,1H3,(H,25,26). The first kappa shape index (κ1) is 19.1. The van der Waals surface area contributed by atoms with Crippen molar-refractivity contribution in [1.29, 1.82) is 0 Å². The number of pyridine rings is 1. The Hall–Kier alpha value is -2.64. The van der Waals surface area contributed by atoms with Crippen LogP contribution in [0.25, 0.3) is 0 Å². The molecule has 2 fully saturated rings. The second-order valence-electron chi connectivity index (χ2n) is 7.21. The molecule has 0 radical (unpaired) electrons. The van der Waals surface area contributed by atoms with Gasteiger partial charge in [-0.15, -0.1) is 0 Å². The summed E-state index contributed by atoms with van der Waals surface area (Å²) in [5, 5.41) is 9.03. The van der Waals surface area contributed by atoms with Gasteiger partial charge in [0.25, 0.3) is 5.91 Å². The average molecular weight is 375 g/mol. The zero-order valence-electron chi connectivity index (χ0n) is 15.5. The maximum absolute atomic E-state index is 12.6. The van der Waals surface area contributed by atoms with Crippen LogP contribution in [0.5, 0.6) is 5.88 Å². The van der Waals surface area contributed by atoms with Gasteiger partial charge in [0.15, 0.2) is 0 Å². The van der Waals surface area contributed by atoms with Crippen LogP contribution >= 0.6 is 0 Å². The monoisotopic (exact) mass is 375 g/mol. The number of likely N-dealkylation sites (tertiary alicyclic amines) is 1. The van der Waals surface area contributed by atoms with E-state index in [2.05, 4.69) is 4.98 Å². The third-order valence-corrected chi connectivity index (χ3v) is 5.24. The summed E-state index contributed by atoms with van der Waals surface area (Å²) >= 11 is 0. The zero-order chi connectivity index (χ0) is 19.4. The van der Waals surface area contributed by atoms with Gasteiger partial charge in [-0.05, 0) is 38.2 Å². The van der Waals surface area contributed by atoms with E-state index in [4.69, 9.17) is 9.84 Å². The summed E-state index contributed by atoms with van der Waals surface area (Å²) in [7, 11) is 1.58. The van der Waals surface area contributed by atoms with Gasteiger partial charge in [-0.2, -0.15) is 0 Å². The number of ether oxygens (including phenoxy) is 1. The van der Waals surface area contributed by atoms with E-state index in [1.165, 1.54) is 11.1 Å². The molecule has 0 spiro atoms. The fourth-order valence-electron chi connectivity index (χ4n) is 3.24. The number of aromatic nitrogens is 1. The van der Waals surface area contributed by atoms with Gasteiger partial charge in [0, 0.05) is 38.0 Å². The van der Waals surface area contributed by atoms with E-state index in [0.29, 0.717) is 37.4 Å². The Bertz CT molecular complexity index is 711. The third kappa shape index (κ3) is 4.75. The van der Waals surface area contributed by atoms with Gasteiger partial charge in [0.1, 0.15) is 6.10 Å². The van der Waals surface area contributed by atoms with Gasteiger partial charge in [-0.1, -0.05) is 0 Å². The second kappa shape index (κ2) is 8.37. The molecule has 1 saturated heterocycles. The number of carboxylic acids is 1. The molecule has 1 N–H and O–H groups in total. The predicted octanol–water partition coefficient (Wildman–Crippen LogP) is 1.41. The lowest BCUT2D eigenvalue weighted by atomic mass is 9.96. The van der Waals surface area contributed by atoms with Crippen LogP contribution in [0.1, 0.15) is 42.5 Å². The van der Waals surface area contributed by atoms with Crippen molar-refractivity contribution in [2.45, 2.75) is 38.2 Å². The van der Waals surface area contributed by atoms with Crippen LogP contribution in [-0.4, -0.2) is 70.5 Å². The lowest BCUT2D eigenvalue weighted by molar-refractivity contribution is -0.145. The minimum atomic E-state index is -0.813. The molecule has 3 rings (SSSR count). The summed E-state index contributed by atoms with van der Waals surface area (Å²) in [6, 6.07) is 3.22. The van der Waals surface area contributed by atoms with Gasteiger partial charge in [0.2, 0.25) is 11.8 Å². The number of rotatable bonds is 6. The van der Waals surface area contributed by atoms with E-state index in [1.807, 2.05) is 0 Å². The lowest BCUT2D eigenvalue weighted by Crippen LogP contribution is -2.45. The van der Waals surface area contributed by atoms with Gasteiger partial charge in [0.05, 0.1) is 12.5 Å². The summed E-state index contributed by atoms with van der Waals surface area (Å²) in [6.07, 6.45) is 5.77. The SMILES string of the molecule is CN(CC(=O)N1CCC(C(=O)O)CC1)C(=O)c1ccnc(OC2CCC2)c1. The summed E-state index contributed by atoms with van der Waals surface area (Å²) < 4.78 is 5.72. The molecule has 1 aliphatic heterocycles. The van der Waals surface area contributed by atoms with Crippen molar-refractivity contribution >= 4 is 17.8 Å². The quantitative estimate of drug-likeness (QED) is 0.807. The Kier molecular flexibility index (Phi) is 5.93. The van der Waals surface area contributed by atoms with E-state index >= 15 is 0 Å². The molecule has 146 valence electrons. The molecule has 0 unspecified atom stereocenters. The van der Waals surface area contributed by atoms with Crippen molar-refractivity contribution in [3.8, 4) is 5.88 Å². The highest BCUT2D eigenvalue weighted by molar-refractivity contribution is 5.96. The molecule has 1 saturated carbocycles. The van der Waals surface area contributed by atoms with Crippen molar-refractivity contribution in [2.24, 2.45) is 5.92 Å². The summed E-state index contributed by atoms with van der Waals surface area (Å²) in [4.78, 5) is 43.2. The first-order valence-electron chi connectivity index (χ1n) is 9.33. The molecule has 1 aromatic heterocycles. The van der Waals surface area contributed by atoms with E-state index < -0.39 is 5.97 Å². The molecular formula is C19H25N3O5. The predicted molar refractivity (Wildman–Crippen MR) is 96.4 cm³/mol. The van der Waals surface area contributed by atoms with Gasteiger partial charge < -0.3 is 19.6 Å². The number of carbonyl (C=O) groups excluding carboxylic acids is 2. The number of hydrogen-bond acceptors (Lipinski definition) is 5. The Morgan fingerprint density at radius 3 is 2.56 bits per heavy atom. The largest absolute Gasteiger partial charge is 0.481 e.